The number of benzene rings is 1. The first-order valence-electron chi connectivity index (χ1n) is 10.2. The van der Waals surface area contributed by atoms with Gasteiger partial charge in [-0.2, -0.15) is 0 Å². The third-order valence-corrected chi connectivity index (χ3v) is 5.98. The van der Waals surface area contributed by atoms with E-state index in [4.69, 9.17) is 9.47 Å². The molecule has 148 valence electrons. The molecule has 0 N–H and O–H groups in total. The lowest BCUT2D eigenvalue weighted by atomic mass is 9.74. The minimum atomic E-state index is -0.451. The van der Waals surface area contributed by atoms with Crippen LogP contribution in [0.1, 0.15) is 44.6 Å². The first kappa shape index (κ1) is 19.9. The molecule has 0 spiro atoms. The SMILES string of the molecule is CCOC(=O)C1(CCCc2ccccc2)CCN(C(=O)[C@H]2CCOC2)CC1. The highest BCUT2D eigenvalue weighted by atomic mass is 16.5. The van der Waals surface area contributed by atoms with Crippen LogP contribution in [0.3, 0.4) is 0 Å². The summed E-state index contributed by atoms with van der Waals surface area (Å²) >= 11 is 0. The summed E-state index contributed by atoms with van der Waals surface area (Å²) in [5, 5.41) is 0. The van der Waals surface area contributed by atoms with Crippen LogP contribution in [0.25, 0.3) is 0 Å². The molecule has 1 amide bonds. The molecule has 0 aliphatic carbocycles. The second-order valence-corrected chi connectivity index (χ2v) is 7.73. The van der Waals surface area contributed by atoms with Crippen LogP contribution < -0.4 is 0 Å². The molecule has 0 aromatic heterocycles. The Balaban J connectivity index is 1.58. The van der Waals surface area contributed by atoms with Crippen LogP contribution in [-0.2, 0) is 25.5 Å². The maximum atomic E-state index is 12.7. The summed E-state index contributed by atoms with van der Waals surface area (Å²) < 4.78 is 10.8. The number of likely N-dealkylation sites (tertiary alicyclic amines) is 1. The van der Waals surface area contributed by atoms with Crippen LogP contribution in [0.4, 0.5) is 0 Å². The Bertz CT molecular complexity index is 616. The Kier molecular flexibility index (Phi) is 6.89. The van der Waals surface area contributed by atoms with Gasteiger partial charge in [0.25, 0.3) is 0 Å². The maximum Gasteiger partial charge on any atom is 0.312 e. The molecule has 5 nitrogen and oxygen atoms in total. The van der Waals surface area contributed by atoms with Gasteiger partial charge in [0.1, 0.15) is 0 Å². The minimum Gasteiger partial charge on any atom is -0.466 e. The first-order valence-corrected chi connectivity index (χ1v) is 10.2. The molecule has 27 heavy (non-hydrogen) atoms. The van der Waals surface area contributed by atoms with E-state index in [9.17, 15) is 9.59 Å². The second-order valence-electron chi connectivity index (χ2n) is 7.73. The van der Waals surface area contributed by atoms with E-state index in [0.717, 1.165) is 25.7 Å². The number of hydrogen-bond acceptors (Lipinski definition) is 4. The van der Waals surface area contributed by atoms with E-state index in [1.165, 1.54) is 5.56 Å². The predicted octanol–water partition coefficient (Wildman–Crippen LogP) is 3.22. The van der Waals surface area contributed by atoms with E-state index in [1.807, 2.05) is 30.0 Å². The number of carbonyl (C=O) groups is 2. The van der Waals surface area contributed by atoms with E-state index in [1.54, 1.807) is 0 Å². The highest BCUT2D eigenvalue weighted by Gasteiger charge is 2.43. The van der Waals surface area contributed by atoms with Crippen molar-refractivity contribution < 1.29 is 19.1 Å². The van der Waals surface area contributed by atoms with Crippen molar-refractivity contribution in [1.82, 2.24) is 4.90 Å². The largest absolute Gasteiger partial charge is 0.466 e. The molecular weight excluding hydrogens is 342 g/mol. The standard InChI is InChI=1S/C22H31NO4/c1-2-27-21(25)22(11-6-9-18-7-4-3-5-8-18)12-14-23(15-13-22)20(24)19-10-16-26-17-19/h3-5,7-8,19H,2,6,9-17H2,1H3/t19-/m0/s1. The molecule has 0 radical (unpaired) electrons. The van der Waals surface area contributed by atoms with Crippen molar-refractivity contribution in [1.29, 1.82) is 0 Å². The molecule has 1 aromatic carbocycles. The maximum absolute atomic E-state index is 12.7. The van der Waals surface area contributed by atoms with Crippen molar-refractivity contribution in [2.24, 2.45) is 11.3 Å². The Morgan fingerprint density at radius 1 is 1.22 bits per heavy atom. The predicted molar refractivity (Wildman–Crippen MR) is 103 cm³/mol. The smallest absolute Gasteiger partial charge is 0.312 e. The quantitative estimate of drug-likeness (QED) is 0.689. The lowest BCUT2D eigenvalue weighted by Gasteiger charge is -2.40. The number of piperidine rings is 1. The van der Waals surface area contributed by atoms with Gasteiger partial charge in [0.15, 0.2) is 0 Å². The summed E-state index contributed by atoms with van der Waals surface area (Å²) in [7, 11) is 0. The third kappa shape index (κ3) is 4.89. The number of amides is 1. The number of carbonyl (C=O) groups excluding carboxylic acids is 2. The van der Waals surface area contributed by atoms with Gasteiger partial charge in [-0.05, 0) is 51.0 Å². The van der Waals surface area contributed by atoms with E-state index in [-0.39, 0.29) is 17.8 Å². The number of hydrogen-bond donors (Lipinski definition) is 0. The van der Waals surface area contributed by atoms with Crippen molar-refractivity contribution in [2.75, 3.05) is 32.9 Å². The highest BCUT2D eigenvalue weighted by Crippen LogP contribution is 2.38. The average molecular weight is 373 g/mol. The summed E-state index contributed by atoms with van der Waals surface area (Å²) in [6, 6.07) is 10.4. The Hall–Kier alpha value is -1.88. The van der Waals surface area contributed by atoms with Crippen LogP contribution >= 0.6 is 0 Å². The number of rotatable bonds is 7. The molecule has 2 aliphatic rings. The van der Waals surface area contributed by atoms with Crippen LogP contribution in [0, 0.1) is 11.3 Å². The minimum absolute atomic E-state index is 0.00169. The fourth-order valence-corrected chi connectivity index (χ4v) is 4.26. The zero-order valence-corrected chi connectivity index (χ0v) is 16.3. The van der Waals surface area contributed by atoms with Gasteiger partial charge in [-0.3, -0.25) is 9.59 Å². The van der Waals surface area contributed by atoms with Crippen LogP contribution in [0.5, 0.6) is 0 Å². The van der Waals surface area contributed by atoms with Crippen molar-refractivity contribution in [2.45, 2.75) is 45.4 Å². The lowest BCUT2D eigenvalue weighted by Crippen LogP contribution is -2.48. The molecule has 2 heterocycles. The Labute approximate surface area is 162 Å². The number of ether oxygens (including phenoxy) is 2. The van der Waals surface area contributed by atoms with Gasteiger partial charge in [-0.1, -0.05) is 30.3 Å². The third-order valence-electron chi connectivity index (χ3n) is 5.98. The van der Waals surface area contributed by atoms with Gasteiger partial charge in [-0.25, -0.2) is 0 Å². The van der Waals surface area contributed by atoms with Gasteiger partial charge in [0.2, 0.25) is 5.91 Å². The zero-order valence-electron chi connectivity index (χ0n) is 16.3. The molecule has 3 rings (SSSR count). The van der Waals surface area contributed by atoms with Crippen molar-refractivity contribution in [3.8, 4) is 0 Å². The van der Waals surface area contributed by atoms with E-state index in [2.05, 4.69) is 12.1 Å². The lowest BCUT2D eigenvalue weighted by molar-refractivity contribution is -0.161. The van der Waals surface area contributed by atoms with E-state index in [0.29, 0.717) is 45.8 Å². The molecule has 2 saturated heterocycles. The molecule has 2 aliphatic heterocycles. The van der Waals surface area contributed by atoms with Gasteiger partial charge >= 0.3 is 5.97 Å². The van der Waals surface area contributed by atoms with Gasteiger partial charge < -0.3 is 14.4 Å². The molecule has 1 atom stereocenters. The first-order chi connectivity index (χ1) is 13.1. The van der Waals surface area contributed by atoms with Crippen molar-refractivity contribution in [3.63, 3.8) is 0 Å². The van der Waals surface area contributed by atoms with Crippen LogP contribution in [0.15, 0.2) is 30.3 Å². The molecule has 2 fully saturated rings. The normalized spacial score (nSPS) is 21.8. The molecule has 0 saturated carbocycles. The van der Waals surface area contributed by atoms with Gasteiger partial charge in [0, 0.05) is 19.7 Å². The monoisotopic (exact) mass is 373 g/mol. The van der Waals surface area contributed by atoms with Crippen LogP contribution in [-0.4, -0.2) is 49.7 Å². The fraction of sp³-hybridized carbons (Fsp3) is 0.636. The topological polar surface area (TPSA) is 55.8 Å². The molecule has 0 unspecified atom stereocenters. The van der Waals surface area contributed by atoms with Gasteiger partial charge in [-0.15, -0.1) is 0 Å². The van der Waals surface area contributed by atoms with E-state index < -0.39 is 5.41 Å². The number of nitrogens with zero attached hydrogens (tertiary/aromatic N) is 1. The molecule has 1 aromatic rings. The number of aryl methyl sites for hydroxylation is 1. The van der Waals surface area contributed by atoms with Crippen molar-refractivity contribution in [3.05, 3.63) is 35.9 Å². The van der Waals surface area contributed by atoms with Crippen LogP contribution in [0.2, 0.25) is 0 Å². The summed E-state index contributed by atoms with van der Waals surface area (Å²) in [4.78, 5) is 27.3. The zero-order chi connectivity index (χ0) is 19.1. The van der Waals surface area contributed by atoms with E-state index >= 15 is 0 Å². The molecule has 0 bridgehead atoms. The summed E-state index contributed by atoms with van der Waals surface area (Å²) in [6.45, 7) is 4.75. The number of esters is 1. The highest BCUT2D eigenvalue weighted by molar-refractivity contribution is 5.81. The van der Waals surface area contributed by atoms with Gasteiger partial charge in [0.05, 0.1) is 24.5 Å². The summed E-state index contributed by atoms with van der Waals surface area (Å²) in [5.41, 5.74) is 0.846. The Morgan fingerprint density at radius 2 is 1.96 bits per heavy atom. The molecule has 5 heteroatoms. The fourth-order valence-electron chi connectivity index (χ4n) is 4.26. The van der Waals surface area contributed by atoms with Crippen molar-refractivity contribution >= 4 is 11.9 Å². The average Bonchev–Trinajstić information content (AvgIpc) is 3.24. The summed E-state index contributed by atoms with van der Waals surface area (Å²) in [6.07, 6.45) is 4.93. The Morgan fingerprint density at radius 3 is 2.59 bits per heavy atom. The molecular formula is C22H31NO4. The summed E-state index contributed by atoms with van der Waals surface area (Å²) in [5.74, 6) is 0.0989. The second kappa shape index (κ2) is 9.36.